The average Bonchev–Trinajstić information content (AvgIpc) is 2.30. The Bertz CT molecular complexity index is 436. The fourth-order valence-electron chi connectivity index (χ4n) is 1.35. The Balaban J connectivity index is 2.15. The smallest absolute Gasteiger partial charge is 0.0175 e. The van der Waals surface area contributed by atoms with Crippen LogP contribution < -0.4 is 0 Å². The molecule has 2 aromatic carbocycles. The van der Waals surface area contributed by atoms with E-state index in [9.17, 15) is 0 Å². The number of hydrogen-bond donors (Lipinski definition) is 1. The SMILES string of the molecule is Sc1ccc(/C=C/c2ccc(Br)cc2)cc1. The number of hydrogen-bond acceptors (Lipinski definition) is 1. The van der Waals surface area contributed by atoms with Crippen LogP contribution in [-0.2, 0) is 0 Å². The van der Waals surface area contributed by atoms with E-state index in [0.717, 1.165) is 9.37 Å². The van der Waals surface area contributed by atoms with Crippen LogP contribution in [0.1, 0.15) is 11.1 Å². The molecule has 0 saturated carbocycles. The van der Waals surface area contributed by atoms with Gasteiger partial charge in [-0.2, -0.15) is 0 Å². The highest BCUT2D eigenvalue weighted by Crippen LogP contribution is 2.14. The highest BCUT2D eigenvalue weighted by Gasteiger charge is 1.89. The highest BCUT2D eigenvalue weighted by atomic mass is 79.9. The predicted octanol–water partition coefficient (Wildman–Crippen LogP) is 4.91. The molecule has 0 aliphatic rings. The Morgan fingerprint density at radius 3 is 1.69 bits per heavy atom. The maximum absolute atomic E-state index is 4.25. The van der Waals surface area contributed by atoms with Crippen LogP contribution in [0.15, 0.2) is 57.9 Å². The Morgan fingerprint density at radius 1 is 0.750 bits per heavy atom. The lowest BCUT2D eigenvalue weighted by Crippen LogP contribution is -1.73. The zero-order valence-corrected chi connectivity index (χ0v) is 11.1. The first-order valence-corrected chi connectivity index (χ1v) is 6.21. The first kappa shape index (κ1) is 11.5. The van der Waals surface area contributed by atoms with Crippen LogP contribution in [0.25, 0.3) is 12.2 Å². The minimum atomic E-state index is 0.987. The molecule has 16 heavy (non-hydrogen) atoms. The van der Waals surface area contributed by atoms with Gasteiger partial charge in [-0.15, -0.1) is 12.6 Å². The molecule has 0 aliphatic heterocycles. The lowest BCUT2D eigenvalue weighted by atomic mass is 10.1. The second-order valence-electron chi connectivity index (χ2n) is 3.48. The van der Waals surface area contributed by atoms with Gasteiger partial charge in [0.2, 0.25) is 0 Å². The summed E-state index contributed by atoms with van der Waals surface area (Å²) in [6, 6.07) is 16.3. The van der Waals surface area contributed by atoms with Gasteiger partial charge in [-0.05, 0) is 35.4 Å². The molecule has 0 fully saturated rings. The Morgan fingerprint density at radius 2 is 1.19 bits per heavy atom. The van der Waals surface area contributed by atoms with E-state index in [1.165, 1.54) is 11.1 Å². The van der Waals surface area contributed by atoms with Crippen molar-refractivity contribution in [3.8, 4) is 0 Å². The van der Waals surface area contributed by atoms with Gasteiger partial charge in [0.1, 0.15) is 0 Å². The van der Waals surface area contributed by atoms with Crippen molar-refractivity contribution in [2.24, 2.45) is 0 Å². The molecule has 0 saturated heterocycles. The Labute approximate surface area is 110 Å². The first-order valence-electron chi connectivity index (χ1n) is 4.97. The highest BCUT2D eigenvalue weighted by molar-refractivity contribution is 9.10. The van der Waals surface area contributed by atoms with E-state index in [1.54, 1.807) is 0 Å². The Kier molecular flexibility index (Phi) is 3.86. The second kappa shape index (κ2) is 5.37. The molecule has 0 unspecified atom stereocenters. The van der Waals surface area contributed by atoms with E-state index >= 15 is 0 Å². The molecule has 2 aromatic rings. The molecule has 0 bridgehead atoms. The molecule has 0 N–H and O–H groups in total. The van der Waals surface area contributed by atoms with E-state index < -0.39 is 0 Å². The molecule has 2 heteroatoms. The molecule has 0 amide bonds. The fourth-order valence-corrected chi connectivity index (χ4v) is 1.77. The van der Waals surface area contributed by atoms with Crippen LogP contribution in [-0.4, -0.2) is 0 Å². The van der Waals surface area contributed by atoms with Gasteiger partial charge in [-0.25, -0.2) is 0 Å². The van der Waals surface area contributed by atoms with Gasteiger partial charge in [0, 0.05) is 9.37 Å². The molecule has 2 rings (SSSR count). The largest absolute Gasteiger partial charge is 0.143 e. The number of thiol groups is 1. The van der Waals surface area contributed by atoms with Gasteiger partial charge in [0.25, 0.3) is 0 Å². The van der Waals surface area contributed by atoms with Gasteiger partial charge < -0.3 is 0 Å². The van der Waals surface area contributed by atoms with Gasteiger partial charge in [0.05, 0.1) is 0 Å². The van der Waals surface area contributed by atoms with Crippen LogP contribution in [0.3, 0.4) is 0 Å². The van der Waals surface area contributed by atoms with Gasteiger partial charge in [0.15, 0.2) is 0 Å². The van der Waals surface area contributed by atoms with Crippen molar-refractivity contribution < 1.29 is 0 Å². The molecule has 0 aliphatic carbocycles. The molecule has 0 nitrogen and oxygen atoms in total. The topological polar surface area (TPSA) is 0 Å². The molecular weight excluding hydrogens is 280 g/mol. The summed E-state index contributed by atoms with van der Waals surface area (Å²) < 4.78 is 1.10. The maximum atomic E-state index is 4.25. The lowest BCUT2D eigenvalue weighted by Gasteiger charge is -1.96. The van der Waals surface area contributed by atoms with Crippen molar-refractivity contribution in [2.45, 2.75) is 4.90 Å². The zero-order valence-electron chi connectivity index (χ0n) is 8.60. The average molecular weight is 291 g/mol. The molecule has 0 radical (unpaired) electrons. The van der Waals surface area contributed by atoms with Gasteiger partial charge in [-0.1, -0.05) is 52.3 Å². The monoisotopic (exact) mass is 290 g/mol. The van der Waals surface area contributed by atoms with Crippen LogP contribution in [0.2, 0.25) is 0 Å². The van der Waals surface area contributed by atoms with Crippen molar-refractivity contribution in [2.75, 3.05) is 0 Å². The number of rotatable bonds is 2. The number of benzene rings is 2. The standard InChI is InChI=1S/C14H11BrS/c15-13-7-3-11(4-8-13)1-2-12-5-9-14(16)10-6-12/h1-10,16H/b2-1+. The van der Waals surface area contributed by atoms with Gasteiger partial charge in [-0.3, -0.25) is 0 Å². The third-order valence-corrected chi connectivity index (χ3v) is 3.06. The third-order valence-electron chi connectivity index (χ3n) is 2.23. The summed E-state index contributed by atoms with van der Waals surface area (Å²) in [5.41, 5.74) is 2.37. The molecular formula is C14H11BrS. The Hall–Kier alpha value is -0.990. The molecule has 0 aromatic heterocycles. The lowest BCUT2D eigenvalue weighted by molar-refractivity contribution is 1.46. The van der Waals surface area contributed by atoms with Crippen LogP contribution >= 0.6 is 28.6 Å². The van der Waals surface area contributed by atoms with E-state index in [-0.39, 0.29) is 0 Å². The van der Waals surface area contributed by atoms with Crippen molar-refractivity contribution >= 4 is 40.7 Å². The van der Waals surface area contributed by atoms with Crippen LogP contribution in [0.4, 0.5) is 0 Å². The minimum absolute atomic E-state index is 0.987. The van der Waals surface area contributed by atoms with Crippen LogP contribution in [0.5, 0.6) is 0 Å². The number of halogens is 1. The summed E-state index contributed by atoms with van der Waals surface area (Å²) in [5.74, 6) is 0. The molecule has 0 spiro atoms. The fraction of sp³-hybridized carbons (Fsp3) is 0. The van der Waals surface area contributed by atoms with Crippen molar-refractivity contribution in [3.05, 3.63) is 64.1 Å². The normalized spacial score (nSPS) is 10.9. The first-order chi connectivity index (χ1) is 7.74. The van der Waals surface area contributed by atoms with Crippen LogP contribution in [0, 0.1) is 0 Å². The van der Waals surface area contributed by atoms with Crippen molar-refractivity contribution in [1.82, 2.24) is 0 Å². The minimum Gasteiger partial charge on any atom is -0.143 e. The molecule has 0 heterocycles. The summed E-state index contributed by atoms with van der Waals surface area (Å²) in [6.45, 7) is 0. The summed E-state index contributed by atoms with van der Waals surface area (Å²) in [5, 5.41) is 0. The summed E-state index contributed by atoms with van der Waals surface area (Å²) in [4.78, 5) is 0.987. The van der Waals surface area contributed by atoms with E-state index in [2.05, 4.69) is 65.0 Å². The van der Waals surface area contributed by atoms with Gasteiger partial charge >= 0.3 is 0 Å². The quantitative estimate of drug-likeness (QED) is 0.590. The van der Waals surface area contributed by atoms with Crippen molar-refractivity contribution in [3.63, 3.8) is 0 Å². The van der Waals surface area contributed by atoms with E-state index in [0.29, 0.717) is 0 Å². The maximum Gasteiger partial charge on any atom is 0.0175 e. The summed E-state index contributed by atoms with van der Waals surface area (Å²) in [6.07, 6.45) is 4.19. The summed E-state index contributed by atoms with van der Waals surface area (Å²) in [7, 11) is 0. The molecule has 0 atom stereocenters. The van der Waals surface area contributed by atoms with E-state index in [1.807, 2.05) is 24.3 Å². The summed E-state index contributed by atoms with van der Waals surface area (Å²) >= 11 is 7.67. The zero-order chi connectivity index (χ0) is 11.4. The predicted molar refractivity (Wildman–Crippen MR) is 76.8 cm³/mol. The van der Waals surface area contributed by atoms with Crippen molar-refractivity contribution in [1.29, 1.82) is 0 Å². The molecule has 80 valence electrons. The van der Waals surface area contributed by atoms with E-state index in [4.69, 9.17) is 0 Å². The second-order valence-corrected chi connectivity index (χ2v) is 4.91. The third kappa shape index (κ3) is 3.26.